The number of imidazole rings is 1. The highest BCUT2D eigenvalue weighted by Gasteiger charge is 2.22. The van der Waals surface area contributed by atoms with Gasteiger partial charge in [-0.05, 0) is 37.3 Å². The van der Waals surface area contributed by atoms with Crippen molar-refractivity contribution in [3.63, 3.8) is 0 Å². The van der Waals surface area contributed by atoms with Gasteiger partial charge in [0.15, 0.2) is 0 Å². The van der Waals surface area contributed by atoms with Gasteiger partial charge in [-0.2, -0.15) is 0 Å². The van der Waals surface area contributed by atoms with Crippen LogP contribution in [0.4, 0.5) is 0 Å². The standard InChI is InChI=1S/C16H16N4O5S/c1-10(14-15(21)19-16(22)18-14)20-26(23,24)12-7-5-11(6-8-12)25-13-4-2-3-9-17-13/h2-10,20-21H,1H3,(H2,18,19,22)/t10-/m1/s1. The van der Waals surface area contributed by atoms with Crippen LogP contribution in [-0.4, -0.2) is 28.5 Å². The number of rotatable bonds is 6. The van der Waals surface area contributed by atoms with E-state index in [0.29, 0.717) is 11.6 Å². The van der Waals surface area contributed by atoms with Crippen molar-refractivity contribution in [2.75, 3.05) is 0 Å². The molecule has 0 radical (unpaired) electrons. The van der Waals surface area contributed by atoms with E-state index in [4.69, 9.17) is 4.74 Å². The average Bonchev–Trinajstić information content (AvgIpc) is 2.94. The molecular weight excluding hydrogens is 360 g/mol. The van der Waals surface area contributed by atoms with Gasteiger partial charge in [0.25, 0.3) is 0 Å². The number of hydrogen-bond donors (Lipinski definition) is 4. The predicted molar refractivity (Wildman–Crippen MR) is 92.6 cm³/mol. The molecule has 3 rings (SSSR count). The van der Waals surface area contributed by atoms with Crippen LogP contribution in [0.3, 0.4) is 0 Å². The van der Waals surface area contributed by atoms with Gasteiger partial charge >= 0.3 is 5.69 Å². The number of benzene rings is 1. The zero-order valence-corrected chi connectivity index (χ0v) is 14.4. The van der Waals surface area contributed by atoms with E-state index in [-0.39, 0.29) is 10.6 Å². The van der Waals surface area contributed by atoms with Crippen molar-refractivity contribution < 1.29 is 18.3 Å². The van der Waals surface area contributed by atoms with E-state index in [9.17, 15) is 18.3 Å². The van der Waals surface area contributed by atoms with Gasteiger partial charge in [0, 0.05) is 12.3 Å². The van der Waals surface area contributed by atoms with Crippen molar-refractivity contribution >= 4 is 10.0 Å². The molecule has 4 N–H and O–H groups in total. The number of hydrogen-bond acceptors (Lipinski definition) is 6. The van der Waals surface area contributed by atoms with Crippen molar-refractivity contribution in [3.8, 4) is 17.5 Å². The minimum Gasteiger partial charge on any atom is -0.493 e. The second-order valence-corrected chi connectivity index (χ2v) is 7.14. The molecule has 0 aliphatic heterocycles. The van der Waals surface area contributed by atoms with Gasteiger partial charge in [0.2, 0.25) is 21.8 Å². The van der Waals surface area contributed by atoms with Crippen LogP contribution >= 0.6 is 0 Å². The molecule has 0 bridgehead atoms. The predicted octanol–water partition coefficient (Wildman–Crippen LogP) is 1.64. The van der Waals surface area contributed by atoms with Crippen LogP contribution < -0.4 is 15.1 Å². The fourth-order valence-corrected chi connectivity index (χ4v) is 3.49. The highest BCUT2D eigenvalue weighted by atomic mass is 32.2. The topological polar surface area (TPSA) is 137 Å². The molecule has 0 amide bonds. The number of pyridine rings is 1. The van der Waals surface area contributed by atoms with Crippen molar-refractivity contribution in [3.05, 3.63) is 64.8 Å². The first kappa shape index (κ1) is 17.7. The summed E-state index contributed by atoms with van der Waals surface area (Å²) in [6.45, 7) is 1.49. The molecule has 136 valence electrons. The van der Waals surface area contributed by atoms with Crippen LogP contribution in [0.25, 0.3) is 0 Å². The van der Waals surface area contributed by atoms with Crippen molar-refractivity contribution in [2.24, 2.45) is 0 Å². The van der Waals surface area contributed by atoms with E-state index < -0.39 is 27.6 Å². The lowest BCUT2D eigenvalue weighted by atomic mass is 10.3. The molecule has 0 saturated carbocycles. The molecule has 1 aromatic carbocycles. The number of aromatic hydroxyl groups is 1. The number of sulfonamides is 1. The van der Waals surface area contributed by atoms with Crippen LogP contribution in [0, 0.1) is 0 Å². The normalized spacial score (nSPS) is 12.7. The van der Waals surface area contributed by atoms with E-state index in [2.05, 4.69) is 19.7 Å². The fourth-order valence-electron chi connectivity index (χ4n) is 2.28. The van der Waals surface area contributed by atoms with Crippen molar-refractivity contribution in [1.29, 1.82) is 0 Å². The van der Waals surface area contributed by atoms with E-state index in [0.717, 1.165) is 0 Å². The van der Waals surface area contributed by atoms with Gasteiger partial charge in [-0.1, -0.05) is 6.07 Å². The quantitative estimate of drug-likeness (QED) is 0.516. The average molecular weight is 376 g/mol. The monoisotopic (exact) mass is 376 g/mol. The number of nitrogens with zero attached hydrogens (tertiary/aromatic N) is 1. The minimum atomic E-state index is -3.87. The van der Waals surface area contributed by atoms with E-state index in [1.165, 1.54) is 31.2 Å². The molecular formula is C16H16N4O5S. The van der Waals surface area contributed by atoms with Gasteiger partial charge in [-0.3, -0.25) is 4.98 Å². The third kappa shape index (κ3) is 3.92. The summed E-state index contributed by atoms with van der Waals surface area (Å²) < 4.78 is 32.8. The third-order valence-corrected chi connectivity index (χ3v) is 5.05. The van der Waals surface area contributed by atoms with E-state index in [1.54, 1.807) is 24.4 Å². The zero-order chi connectivity index (χ0) is 18.7. The summed E-state index contributed by atoms with van der Waals surface area (Å²) in [5.41, 5.74) is -0.576. The summed E-state index contributed by atoms with van der Waals surface area (Å²) in [4.78, 5) is 19.7. The van der Waals surface area contributed by atoms with E-state index >= 15 is 0 Å². The maximum absolute atomic E-state index is 12.5. The van der Waals surface area contributed by atoms with Crippen molar-refractivity contribution in [1.82, 2.24) is 19.7 Å². The minimum absolute atomic E-state index is 0.00935. The fraction of sp³-hybridized carbons (Fsp3) is 0.125. The second-order valence-electron chi connectivity index (χ2n) is 5.43. The highest BCUT2D eigenvalue weighted by Crippen LogP contribution is 2.23. The number of H-pyrrole nitrogens is 2. The number of aromatic amines is 2. The Morgan fingerprint density at radius 2 is 1.88 bits per heavy atom. The summed E-state index contributed by atoms with van der Waals surface area (Å²) in [7, 11) is -3.87. The summed E-state index contributed by atoms with van der Waals surface area (Å²) in [5, 5.41) is 9.60. The third-order valence-electron chi connectivity index (χ3n) is 3.49. The first-order chi connectivity index (χ1) is 12.3. The lowest BCUT2D eigenvalue weighted by Gasteiger charge is -2.13. The van der Waals surface area contributed by atoms with Crippen LogP contribution in [0.1, 0.15) is 18.7 Å². The van der Waals surface area contributed by atoms with Crippen molar-refractivity contribution in [2.45, 2.75) is 17.9 Å². The first-order valence-corrected chi connectivity index (χ1v) is 9.06. The molecule has 1 atom stereocenters. The maximum Gasteiger partial charge on any atom is 0.326 e. The summed E-state index contributed by atoms with van der Waals surface area (Å²) in [6, 6.07) is 10.1. The number of aromatic nitrogens is 3. The van der Waals surface area contributed by atoms with Crippen LogP contribution in [0.15, 0.2) is 58.4 Å². The molecule has 2 heterocycles. The Balaban J connectivity index is 1.75. The molecule has 10 heteroatoms. The second kappa shape index (κ2) is 7.02. The Morgan fingerprint density at radius 3 is 2.46 bits per heavy atom. The molecule has 0 fully saturated rings. The van der Waals surface area contributed by atoms with Gasteiger partial charge in [0.1, 0.15) is 5.75 Å². The van der Waals surface area contributed by atoms with Crippen LogP contribution in [0.2, 0.25) is 0 Å². The highest BCUT2D eigenvalue weighted by molar-refractivity contribution is 7.89. The Labute approximate surface area is 148 Å². The number of nitrogens with one attached hydrogen (secondary N) is 3. The Kier molecular flexibility index (Phi) is 4.78. The van der Waals surface area contributed by atoms with Gasteiger partial charge in [-0.25, -0.2) is 22.9 Å². The molecule has 2 aromatic heterocycles. The summed E-state index contributed by atoms with van der Waals surface area (Å²) in [5.74, 6) is 0.411. The molecule has 0 aliphatic carbocycles. The molecule has 0 saturated heterocycles. The zero-order valence-electron chi connectivity index (χ0n) is 13.6. The molecule has 0 aliphatic rings. The molecule has 0 unspecified atom stereocenters. The SMILES string of the molecule is C[C@@H](NS(=O)(=O)c1ccc(Oc2ccccn2)cc1)c1[nH]c(=O)[nH]c1O. The van der Waals surface area contributed by atoms with Gasteiger partial charge in [0.05, 0.1) is 16.6 Å². The Bertz CT molecular complexity index is 1040. The van der Waals surface area contributed by atoms with Crippen LogP contribution in [-0.2, 0) is 10.0 Å². The molecule has 26 heavy (non-hydrogen) atoms. The van der Waals surface area contributed by atoms with Crippen LogP contribution in [0.5, 0.6) is 17.5 Å². The summed E-state index contributed by atoms with van der Waals surface area (Å²) in [6.07, 6.45) is 1.58. The summed E-state index contributed by atoms with van der Waals surface area (Å²) >= 11 is 0. The largest absolute Gasteiger partial charge is 0.493 e. The van der Waals surface area contributed by atoms with Gasteiger partial charge in [-0.15, -0.1) is 0 Å². The smallest absolute Gasteiger partial charge is 0.326 e. The Hall–Kier alpha value is -3.11. The molecule has 9 nitrogen and oxygen atoms in total. The first-order valence-electron chi connectivity index (χ1n) is 7.57. The molecule has 0 spiro atoms. The molecule has 3 aromatic rings. The Morgan fingerprint density at radius 1 is 1.15 bits per heavy atom. The number of ether oxygens (including phenoxy) is 1. The van der Waals surface area contributed by atoms with Gasteiger partial charge < -0.3 is 14.8 Å². The lowest BCUT2D eigenvalue weighted by molar-refractivity contribution is 0.441. The van der Waals surface area contributed by atoms with E-state index in [1.807, 2.05) is 0 Å². The maximum atomic E-state index is 12.5. The lowest BCUT2D eigenvalue weighted by Crippen LogP contribution is -2.27.